The van der Waals surface area contributed by atoms with Crippen molar-refractivity contribution in [3.05, 3.63) is 52.9 Å². The van der Waals surface area contributed by atoms with E-state index in [0.29, 0.717) is 17.8 Å². The van der Waals surface area contributed by atoms with Gasteiger partial charge in [0.1, 0.15) is 5.69 Å². The minimum absolute atomic E-state index is 0.127. The van der Waals surface area contributed by atoms with E-state index in [-0.39, 0.29) is 24.6 Å². The van der Waals surface area contributed by atoms with E-state index in [2.05, 4.69) is 15.0 Å². The van der Waals surface area contributed by atoms with E-state index in [1.54, 1.807) is 32.0 Å². The highest BCUT2D eigenvalue weighted by molar-refractivity contribution is 5.88. The van der Waals surface area contributed by atoms with Crippen LogP contribution in [0.4, 0.5) is 0 Å². The Balaban J connectivity index is 1.75. The highest BCUT2D eigenvalue weighted by atomic mass is 16.5. The lowest BCUT2D eigenvalue weighted by molar-refractivity contribution is 0.0388. The maximum Gasteiger partial charge on any atom is 0.358 e. The van der Waals surface area contributed by atoms with Gasteiger partial charge in [0.2, 0.25) is 0 Å². The predicted molar refractivity (Wildman–Crippen MR) is 85.7 cm³/mol. The molecule has 24 heavy (non-hydrogen) atoms. The molecule has 0 unspecified atom stereocenters. The van der Waals surface area contributed by atoms with Crippen molar-refractivity contribution in [2.75, 3.05) is 13.2 Å². The summed E-state index contributed by atoms with van der Waals surface area (Å²) in [6.07, 6.45) is 1.91. The summed E-state index contributed by atoms with van der Waals surface area (Å²) in [6.45, 7) is 5.60. The molecule has 126 valence electrons. The molecule has 0 amide bonds. The van der Waals surface area contributed by atoms with E-state index >= 15 is 0 Å². The fourth-order valence-corrected chi connectivity index (χ4v) is 1.92. The lowest BCUT2D eigenvalue weighted by atomic mass is 10.2. The maximum absolute atomic E-state index is 12.0. The van der Waals surface area contributed by atoms with Gasteiger partial charge in [-0.2, -0.15) is 0 Å². The molecule has 2 aromatic rings. The highest BCUT2D eigenvalue weighted by Crippen LogP contribution is 2.08. The number of hydrogen-bond acceptors (Lipinski definition) is 7. The second kappa shape index (κ2) is 8.14. The summed E-state index contributed by atoms with van der Waals surface area (Å²) in [5.41, 5.74) is 2.46. The molecule has 7 nitrogen and oxygen atoms in total. The first-order chi connectivity index (χ1) is 11.5. The van der Waals surface area contributed by atoms with Crippen LogP contribution in [0.25, 0.3) is 0 Å². The average Bonchev–Trinajstić information content (AvgIpc) is 2.58. The first-order valence-electron chi connectivity index (χ1n) is 7.56. The van der Waals surface area contributed by atoms with Gasteiger partial charge in [0, 0.05) is 12.6 Å². The lowest BCUT2D eigenvalue weighted by Crippen LogP contribution is -2.15. The first kappa shape index (κ1) is 17.5. The van der Waals surface area contributed by atoms with E-state index in [4.69, 9.17) is 9.47 Å². The van der Waals surface area contributed by atoms with Gasteiger partial charge in [0.15, 0.2) is 5.69 Å². The molecule has 0 spiro atoms. The summed E-state index contributed by atoms with van der Waals surface area (Å²) in [5, 5.41) is 0. The molecule has 0 bridgehead atoms. The smallest absolute Gasteiger partial charge is 0.358 e. The van der Waals surface area contributed by atoms with Crippen LogP contribution < -0.4 is 0 Å². The standard InChI is InChI=1S/C17H19N3O4/c1-11-12(2)20-15(13(3)19-11)17(22)24-10-6-9-23-16(21)14-7-4-5-8-18-14/h4-5,7-8H,6,9-10H2,1-3H3. The van der Waals surface area contributed by atoms with Crippen molar-refractivity contribution in [1.82, 2.24) is 15.0 Å². The summed E-state index contributed by atoms with van der Waals surface area (Å²) in [6, 6.07) is 5.00. The summed E-state index contributed by atoms with van der Waals surface area (Å²) in [4.78, 5) is 36.0. The van der Waals surface area contributed by atoms with E-state index in [1.807, 2.05) is 6.92 Å². The molecule has 0 fully saturated rings. The molecule has 2 heterocycles. The summed E-state index contributed by atoms with van der Waals surface area (Å²) in [5.74, 6) is -1.03. The van der Waals surface area contributed by atoms with Crippen LogP contribution in [0.1, 0.15) is 44.5 Å². The van der Waals surface area contributed by atoms with Crippen LogP contribution in [-0.2, 0) is 9.47 Å². The second-order valence-corrected chi connectivity index (χ2v) is 5.17. The third kappa shape index (κ3) is 4.58. The Morgan fingerprint density at radius 1 is 0.917 bits per heavy atom. The van der Waals surface area contributed by atoms with Crippen LogP contribution in [0.5, 0.6) is 0 Å². The topological polar surface area (TPSA) is 91.3 Å². The van der Waals surface area contributed by atoms with Gasteiger partial charge in [-0.1, -0.05) is 6.07 Å². The van der Waals surface area contributed by atoms with Crippen molar-refractivity contribution in [3.63, 3.8) is 0 Å². The molecule has 2 aromatic heterocycles. The Morgan fingerprint density at radius 2 is 1.58 bits per heavy atom. The number of ether oxygens (including phenoxy) is 2. The van der Waals surface area contributed by atoms with Crippen molar-refractivity contribution in [3.8, 4) is 0 Å². The van der Waals surface area contributed by atoms with Crippen molar-refractivity contribution < 1.29 is 19.1 Å². The highest BCUT2D eigenvalue weighted by Gasteiger charge is 2.15. The van der Waals surface area contributed by atoms with Gasteiger partial charge in [-0.15, -0.1) is 0 Å². The molecular formula is C17H19N3O4. The molecule has 7 heteroatoms. The van der Waals surface area contributed by atoms with Crippen molar-refractivity contribution in [2.24, 2.45) is 0 Å². The Bertz CT molecular complexity index is 732. The van der Waals surface area contributed by atoms with Gasteiger partial charge in [-0.25, -0.2) is 19.6 Å². The van der Waals surface area contributed by atoms with Gasteiger partial charge in [0.25, 0.3) is 0 Å². The van der Waals surface area contributed by atoms with Crippen LogP contribution in [0, 0.1) is 20.8 Å². The molecular weight excluding hydrogens is 310 g/mol. The zero-order valence-corrected chi connectivity index (χ0v) is 13.9. The molecule has 0 saturated heterocycles. The fraction of sp³-hybridized carbons (Fsp3) is 0.353. The quantitative estimate of drug-likeness (QED) is 0.592. The number of pyridine rings is 1. The largest absolute Gasteiger partial charge is 0.461 e. The normalized spacial score (nSPS) is 10.3. The molecule has 0 N–H and O–H groups in total. The van der Waals surface area contributed by atoms with Crippen molar-refractivity contribution in [1.29, 1.82) is 0 Å². The molecule has 0 aliphatic heterocycles. The van der Waals surface area contributed by atoms with Crippen LogP contribution in [-0.4, -0.2) is 40.1 Å². The summed E-state index contributed by atoms with van der Waals surface area (Å²) >= 11 is 0. The minimum atomic E-state index is -0.529. The van der Waals surface area contributed by atoms with E-state index in [0.717, 1.165) is 5.69 Å². The zero-order valence-electron chi connectivity index (χ0n) is 13.9. The monoisotopic (exact) mass is 329 g/mol. The average molecular weight is 329 g/mol. The van der Waals surface area contributed by atoms with E-state index in [1.165, 1.54) is 6.20 Å². The summed E-state index contributed by atoms with van der Waals surface area (Å²) < 4.78 is 10.2. The molecule has 0 atom stereocenters. The van der Waals surface area contributed by atoms with Gasteiger partial charge >= 0.3 is 11.9 Å². The van der Waals surface area contributed by atoms with Crippen molar-refractivity contribution in [2.45, 2.75) is 27.2 Å². The van der Waals surface area contributed by atoms with Crippen LogP contribution in [0.2, 0.25) is 0 Å². The number of esters is 2. The first-order valence-corrected chi connectivity index (χ1v) is 7.56. The Kier molecular flexibility index (Phi) is 5.95. The maximum atomic E-state index is 12.0. The van der Waals surface area contributed by atoms with Gasteiger partial charge in [0.05, 0.1) is 30.3 Å². The molecule has 0 aromatic carbocycles. The Morgan fingerprint density at radius 3 is 2.25 bits per heavy atom. The molecule has 0 aliphatic rings. The second-order valence-electron chi connectivity index (χ2n) is 5.17. The van der Waals surface area contributed by atoms with Gasteiger partial charge in [-0.05, 0) is 32.9 Å². The molecule has 0 saturated carbocycles. The van der Waals surface area contributed by atoms with E-state index < -0.39 is 11.9 Å². The van der Waals surface area contributed by atoms with Crippen LogP contribution in [0.15, 0.2) is 24.4 Å². The van der Waals surface area contributed by atoms with Gasteiger partial charge in [-0.3, -0.25) is 4.98 Å². The Labute approximate surface area is 140 Å². The molecule has 0 radical (unpaired) electrons. The van der Waals surface area contributed by atoms with E-state index in [9.17, 15) is 9.59 Å². The third-order valence-corrected chi connectivity index (χ3v) is 3.30. The number of aryl methyl sites for hydroxylation is 3. The minimum Gasteiger partial charge on any atom is -0.461 e. The number of nitrogens with zero attached hydrogens (tertiary/aromatic N) is 3. The SMILES string of the molecule is Cc1nc(C)c(C(=O)OCCCOC(=O)c2ccccn2)nc1C. The Hall–Kier alpha value is -2.83. The van der Waals surface area contributed by atoms with Crippen molar-refractivity contribution >= 4 is 11.9 Å². The zero-order chi connectivity index (χ0) is 17.5. The number of aromatic nitrogens is 3. The molecule has 2 rings (SSSR count). The number of rotatable bonds is 6. The summed E-state index contributed by atoms with van der Waals surface area (Å²) in [7, 11) is 0. The van der Waals surface area contributed by atoms with Gasteiger partial charge < -0.3 is 9.47 Å². The number of carbonyl (C=O) groups is 2. The van der Waals surface area contributed by atoms with Crippen LogP contribution in [0.3, 0.4) is 0 Å². The van der Waals surface area contributed by atoms with Crippen LogP contribution >= 0.6 is 0 Å². The fourth-order valence-electron chi connectivity index (χ4n) is 1.92. The third-order valence-electron chi connectivity index (χ3n) is 3.30. The molecule has 0 aliphatic carbocycles. The number of carbonyl (C=O) groups excluding carboxylic acids is 2. The predicted octanol–water partition coefficient (Wildman–Crippen LogP) is 2.20. The lowest BCUT2D eigenvalue weighted by Gasteiger charge is -2.08. The number of hydrogen-bond donors (Lipinski definition) is 0.